The number of benzene rings is 1. The number of hydrogen-bond donors (Lipinski definition) is 1. The van der Waals surface area contributed by atoms with E-state index in [9.17, 15) is 9.59 Å². The van der Waals surface area contributed by atoms with Gasteiger partial charge in [0, 0.05) is 19.1 Å². The largest absolute Gasteiger partial charge is 0.341 e. The fraction of sp³-hybridized carbons (Fsp3) is 0.556. The molecule has 1 N–H and O–H groups in total. The highest BCUT2D eigenvalue weighted by Crippen LogP contribution is 2.25. The van der Waals surface area contributed by atoms with Crippen molar-refractivity contribution in [2.75, 3.05) is 32.7 Å². The second-order valence-corrected chi connectivity index (χ2v) is 6.91. The average Bonchev–Trinajstić information content (AvgIpc) is 3.21. The van der Waals surface area contributed by atoms with Crippen molar-refractivity contribution < 1.29 is 4.79 Å². The predicted molar refractivity (Wildman–Crippen MR) is 93.1 cm³/mol. The van der Waals surface area contributed by atoms with Gasteiger partial charge in [-0.05, 0) is 50.9 Å². The third kappa shape index (κ3) is 2.86. The number of likely N-dealkylation sites (tertiary alicyclic amines) is 2. The first-order valence-electron chi connectivity index (χ1n) is 8.92. The number of para-hydroxylation sites is 2. The molecule has 0 aliphatic carbocycles. The van der Waals surface area contributed by atoms with Crippen LogP contribution in [0.4, 0.5) is 0 Å². The van der Waals surface area contributed by atoms with Gasteiger partial charge in [-0.15, -0.1) is 0 Å². The summed E-state index contributed by atoms with van der Waals surface area (Å²) < 4.78 is 1.87. The Morgan fingerprint density at radius 2 is 1.79 bits per heavy atom. The van der Waals surface area contributed by atoms with Gasteiger partial charge in [-0.1, -0.05) is 12.1 Å². The summed E-state index contributed by atoms with van der Waals surface area (Å²) >= 11 is 0. The highest BCUT2D eigenvalue weighted by atomic mass is 16.2. The van der Waals surface area contributed by atoms with Gasteiger partial charge >= 0.3 is 5.69 Å². The number of fused-ring (bicyclic) bond motifs is 1. The van der Waals surface area contributed by atoms with E-state index in [4.69, 9.17) is 0 Å². The van der Waals surface area contributed by atoms with Crippen LogP contribution in [0.15, 0.2) is 29.1 Å². The van der Waals surface area contributed by atoms with E-state index in [1.54, 1.807) is 0 Å². The van der Waals surface area contributed by atoms with E-state index in [2.05, 4.69) is 9.88 Å². The Balaban J connectivity index is 1.43. The third-order valence-electron chi connectivity index (χ3n) is 5.36. The van der Waals surface area contributed by atoms with Gasteiger partial charge in [0.15, 0.2) is 0 Å². The van der Waals surface area contributed by atoms with Gasteiger partial charge < -0.3 is 9.88 Å². The zero-order chi connectivity index (χ0) is 16.5. The molecule has 24 heavy (non-hydrogen) atoms. The second kappa shape index (κ2) is 6.43. The zero-order valence-corrected chi connectivity index (χ0v) is 13.9. The van der Waals surface area contributed by atoms with Gasteiger partial charge in [-0.3, -0.25) is 14.3 Å². The van der Waals surface area contributed by atoms with Crippen LogP contribution in [-0.2, 0) is 4.79 Å². The molecule has 0 bridgehead atoms. The number of imidazole rings is 1. The Hall–Kier alpha value is -2.08. The van der Waals surface area contributed by atoms with Crippen LogP contribution in [0.2, 0.25) is 0 Å². The molecule has 2 aliphatic rings. The smallest absolute Gasteiger partial charge is 0.326 e. The predicted octanol–water partition coefficient (Wildman–Crippen LogP) is 1.59. The van der Waals surface area contributed by atoms with Crippen LogP contribution in [0.5, 0.6) is 0 Å². The van der Waals surface area contributed by atoms with Gasteiger partial charge in [0.05, 0.1) is 17.6 Å². The van der Waals surface area contributed by atoms with Crippen molar-refractivity contribution in [3.63, 3.8) is 0 Å². The minimum absolute atomic E-state index is 0.0435. The summed E-state index contributed by atoms with van der Waals surface area (Å²) in [7, 11) is 0. The summed E-state index contributed by atoms with van der Waals surface area (Å²) in [6, 6.07) is 7.98. The number of aromatic nitrogens is 2. The molecule has 0 atom stereocenters. The van der Waals surface area contributed by atoms with Crippen molar-refractivity contribution in [1.82, 2.24) is 19.4 Å². The van der Waals surface area contributed by atoms with Crippen LogP contribution in [-0.4, -0.2) is 58.0 Å². The van der Waals surface area contributed by atoms with E-state index in [0.717, 1.165) is 50.1 Å². The summed E-state index contributed by atoms with van der Waals surface area (Å²) in [5, 5.41) is 0. The third-order valence-corrected chi connectivity index (χ3v) is 5.36. The van der Waals surface area contributed by atoms with E-state index in [1.807, 2.05) is 33.7 Å². The van der Waals surface area contributed by atoms with Crippen molar-refractivity contribution in [3.8, 4) is 0 Å². The van der Waals surface area contributed by atoms with Gasteiger partial charge in [0.2, 0.25) is 5.91 Å². The van der Waals surface area contributed by atoms with E-state index in [-0.39, 0.29) is 17.6 Å². The number of aromatic amines is 1. The molecule has 6 heteroatoms. The monoisotopic (exact) mass is 328 g/mol. The standard InChI is InChI=1S/C18H24N4O2/c23-17(13-20-9-3-4-10-20)21-11-7-14(8-12-21)22-16-6-2-1-5-15(16)19-18(22)24/h1-2,5-6,14H,3-4,7-13H2,(H,19,24). The second-order valence-electron chi connectivity index (χ2n) is 6.91. The molecule has 2 fully saturated rings. The average molecular weight is 328 g/mol. The molecule has 0 spiro atoms. The van der Waals surface area contributed by atoms with E-state index < -0.39 is 0 Å². The van der Waals surface area contributed by atoms with E-state index in [1.165, 1.54) is 12.8 Å². The molecule has 6 nitrogen and oxygen atoms in total. The highest BCUT2D eigenvalue weighted by Gasteiger charge is 2.27. The van der Waals surface area contributed by atoms with Crippen LogP contribution in [0.1, 0.15) is 31.7 Å². The molecule has 4 rings (SSSR count). The van der Waals surface area contributed by atoms with Crippen LogP contribution in [0.25, 0.3) is 11.0 Å². The molecule has 1 aromatic heterocycles. The maximum atomic E-state index is 12.4. The maximum Gasteiger partial charge on any atom is 0.326 e. The Morgan fingerprint density at radius 1 is 1.08 bits per heavy atom. The zero-order valence-electron chi connectivity index (χ0n) is 13.9. The van der Waals surface area contributed by atoms with Crippen LogP contribution in [0.3, 0.4) is 0 Å². The highest BCUT2D eigenvalue weighted by molar-refractivity contribution is 5.78. The van der Waals surface area contributed by atoms with Crippen molar-refractivity contribution in [1.29, 1.82) is 0 Å². The molecule has 1 amide bonds. The lowest BCUT2D eigenvalue weighted by molar-refractivity contribution is -0.133. The fourth-order valence-electron chi connectivity index (χ4n) is 4.04. The summed E-state index contributed by atoms with van der Waals surface area (Å²) in [5.74, 6) is 0.238. The van der Waals surface area contributed by atoms with Gasteiger partial charge in [0.1, 0.15) is 0 Å². The number of rotatable bonds is 3. The lowest BCUT2D eigenvalue weighted by atomic mass is 10.0. The number of piperidine rings is 1. The number of amides is 1. The summed E-state index contributed by atoms with van der Waals surface area (Å²) in [6.45, 7) is 4.13. The summed E-state index contributed by atoms with van der Waals surface area (Å²) in [4.78, 5) is 31.9. The Kier molecular flexibility index (Phi) is 4.14. The van der Waals surface area contributed by atoms with Crippen molar-refractivity contribution in [3.05, 3.63) is 34.7 Å². The Morgan fingerprint density at radius 3 is 2.54 bits per heavy atom. The van der Waals surface area contributed by atoms with Crippen LogP contribution < -0.4 is 5.69 Å². The molecule has 1 aromatic carbocycles. The number of carbonyl (C=O) groups excluding carboxylic acids is 1. The molecule has 0 unspecified atom stereocenters. The lowest BCUT2D eigenvalue weighted by Gasteiger charge is -2.33. The first-order valence-corrected chi connectivity index (χ1v) is 8.92. The fourth-order valence-corrected chi connectivity index (χ4v) is 4.04. The maximum absolute atomic E-state index is 12.4. The van der Waals surface area contributed by atoms with Crippen LogP contribution in [0, 0.1) is 0 Å². The molecule has 3 heterocycles. The first kappa shape index (κ1) is 15.4. The Labute approximate surface area is 141 Å². The molecular formula is C18H24N4O2. The minimum atomic E-state index is -0.0435. The SMILES string of the molecule is O=C(CN1CCCC1)N1CCC(n2c(=O)[nH]c3ccccc32)CC1. The summed E-state index contributed by atoms with van der Waals surface area (Å²) in [5.41, 5.74) is 1.80. The number of H-pyrrole nitrogens is 1. The van der Waals surface area contributed by atoms with Crippen molar-refractivity contribution in [2.24, 2.45) is 0 Å². The quantitative estimate of drug-likeness (QED) is 0.931. The summed E-state index contributed by atoms with van der Waals surface area (Å²) in [6.07, 6.45) is 4.10. The first-order chi connectivity index (χ1) is 11.7. The topological polar surface area (TPSA) is 61.3 Å². The number of nitrogens with zero attached hydrogens (tertiary/aromatic N) is 3. The molecule has 0 radical (unpaired) electrons. The molecular weight excluding hydrogens is 304 g/mol. The molecule has 2 saturated heterocycles. The minimum Gasteiger partial charge on any atom is -0.341 e. The normalized spacial score (nSPS) is 20.1. The van der Waals surface area contributed by atoms with E-state index in [0.29, 0.717) is 6.54 Å². The number of nitrogens with one attached hydrogen (secondary N) is 1. The molecule has 128 valence electrons. The van der Waals surface area contributed by atoms with Gasteiger partial charge in [-0.25, -0.2) is 4.79 Å². The number of carbonyl (C=O) groups is 1. The van der Waals surface area contributed by atoms with E-state index >= 15 is 0 Å². The Bertz CT molecular complexity index is 780. The van der Waals surface area contributed by atoms with Crippen molar-refractivity contribution >= 4 is 16.9 Å². The molecule has 0 saturated carbocycles. The molecule has 2 aromatic rings. The number of hydrogen-bond acceptors (Lipinski definition) is 3. The van der Waals surface area contributed by atoms with Gasteiger partial charge in [0.25, 0.3) is 0 Å². The van der Waals surface area contributed by atoms with Crippen LogP contribution >= 0.6 is 0 Å². The van der Waals surface area contributed by atoms with Gasteiger partial charge in [-0.2, -0.15) is 0 Å². The lowest BCUT2D eigenvalue weighted by Crippen LogP contribution is -2.44. The van der Waals surface area contributed by atoms with Crippen molar-refractivity contribution in [2.45, 2.75) is 31.7 Å². The molecule has 2 aliphatic heterocycles.